The number of nitrogens with one attached hydrogen (secondary N) is 1. The van der Waals surface area contributed by atoms with Gasteiger partial charge in [0.25, 0.3) is 11.6 Å². The summed E-state index contributed by atoms with van der Waals surface area (Å²) in [6.45, 7) is 2.23. The van der Waals surface area contributed by atoms with Gasteiger partial charge in [0, 0.05) is 5.25 Å². The summed E-state index contributed by atoms with van der Waals surface area (Å²) in [5, 5.41) is 32.1. The van der Waals surface area contributed by atoms with Gasteiger partial charge in [0.1, 0.15) is 42.0 Å². The van der Waals surface area contributed by atoms with Gasteiger partial charge in [0.2, 0.25) is 5.91 Å². The number of nitrogens with zero attached hydrogens (tertiary/aromatic N) is 4. The molecule has 2 aromatic rings. The van der Waals surface area contributed by atoms with E-state index in [1.54, 1.807) is 6.92 Å². The molecule has 0 spiro atoms. The van der Waals surface area contributed by atoms with Crippen molar-refractivity contribution >= 4 is 41.4 Å². The Bertz CT molecular complexity index is 982. The highest BCUT2D eigenvalue weighted by molar-refractivity contribution is 7.81. The molecule has 1 aliphatic heterocycles. The number of nitrogens with two attached hydrogens (primary N) is 2. The van der Waals surface area contributed by atoms with Crippen LogP contribution in [-0.2, 0) is 20.1 Å². The summed E-state index contributed by atoms with van der Waals surface area (Å²) < 4.78 is 6.62. The molecule has 0 bridgehead atoms. The van der Waals surface area contributed by atoms with Crippen molar-refractivity contribution in [2.75, 3.05) is 12.3 Å². The Kier molecular flexibility index (Phi) is 5.74. The SMILES string of the molecule is C[C@@H](S)[C@](C)(N)C(=O)NC(=O)[C@@]1(n2cnc3c(N)ncnc32)O[C@H](CO)[C@@H](O)[C@H]1O. The van der Waals surface area contributed by atoms with E-state index in [-0.39, 0.29) is 17.0 Å². The molecule has 0 aliphatic carbocycles. The number of aliphatic hydroxyl groups is 3. The van der Waals surface area contributed by atoms with Gasteiger partial charge < -0.3 is 31.5 Å². The van der Waals surface area contributed by atoms with Crippen molar-refractivity contribution in [2.24, 2.45) is 5.73 Å². The Hall–Kier alpha value is -2.36. The predicted molar refractivity (Wildman–Crippen MR) is 106 cm³/mol. The van der Waals surface area contributed by atoms with Crippen LogP contribution in [0.5, 0.6) is 0 Å². The maximum Gasteiger partial charge on any atom is 0.283 e. The lowest BCUT2D eigenvalue weighted by Gasteiger charge is -2.33. The van der Waals surface area contributed by atoms with E-state index in [9.17, 15) is 24.9 Å². The maximum atomic E-state index is 13.3. The molecule has 1 aliphatic rings. The van der Waals surface area contributed by atoms with Crippen molar-refractivity contribution in [3.05, 3.63) is 12.7 Å². The predicted octanol–water partition coefficient (Wildman–Crippen LogP) is -3.15. The Morgan fingerprint density at radius 1 is 1.43 bits per heavy atom. The molecule has 2 aromatic heterocycles. The van der Waals surface area contributed by atoms with E-state index in [1.165, 1.54) is 6.92 Å². The van der Waals surface area contributed by atoms with E-state index in [0.717, 1.165) is 17.2 Å². The molecule has 8 N–H and O–H groups in total. The summed E-state index contributed by atoms with van der Waals surface area (Å²) in [7, 11) is 0. The number of thiol groups is 1. The van der Waals surface area contributed by atoms with Crippen LogP contribution in [0, 0.1) is 0 Å². The number of carbonyl (C=O) groups is 2. The topological polar surface area (TPSA) is 212 Å². The second-order valence-electron chi connectivity index (χ2n) is 7.26. The van der Waals surface area contributed by atoms with Gasteiger partial charge in [-0.1, -0.05) is 6.92 Å². The molecule has 6 atom stereocenters. The summed E-state index contributed by atoms with van der Waals surface area (Å²) in [5.74, 6) is -2.06. The van der Waals surface area contributed by atoms with Crippen molar-refractivity contribution in [3.63, 3.8) is 0 Å². The standard InChI is InChI=1S/C16H23N7O6S/c1-6(30)15(2,18)13(27)22-14(28)16(10(26)9(25)7(3-24)29-16)23-5-21-8-11(17)19-4-20-12(8)23/h4-7,9-10,24-26,30H,3,18H2,1-2H3,(H2,17,19,20)(H,22,27,28)/t6-,7-,9-,10-,15+,16+/m1/s1. The van der Waals surface area contributed by atoms with E-state index >= 15 is 0 Å². The number of carbonyl (C=O) groups excluding carboxylic acids is 2. The quantitative estimate of drug-likeness (QED) is 0.230. The van der Waals surface area contributed by atoms with Gasteiger partial charge in [-0.3, -0.25) is 19.5 Å². The van der Waals surface area contributed by atoms with Crippen LogP contribution in [-0.4, -0.2) is 82.4 Å². The third-order valence-electron chi connectivity index (χ3n) is 5.25. The molecule has 164 valence electrons. The molecule has 3 heterocycles. The fourth-order valence-electron chi connectivity index (χ4n) is 3.06. The second kappa shape index (κ2) is 7.72. The summed E-state index contributed by atoms with van der Waals surface area (Å²) in [4.78, 5) is 37.7. The number of anilines is 1. The van der Waals surface area contributed by atoms with Gasteiger partial charge in [-0.05, 0) is 6.92 Å². The average Bonchev–Trinajstić information content (AvgIpc) is 3.23. The van der Waals surface area contributed by atoms with Gasteiger partial charge >= 0.3 is 0 Å². The van der Waals surface area contributed by atoms with E-state index in [2.05, 4.69) is 32.9 Å². The Labute approximate surface area is 175 Å². The monoisotopic (exact) mass is 441 g/mol. The maximum absolute atomic E-state index is 13.3. The van der Waals surface area contributed by atoms with Gasteiger partial charge in [0.15, 0.2) is 11.5 Å². The van der Waals surface area contributed by atoms with E-state index < -0.39 is 53.2 Å². The number of ether oxygens (including phenoxy) is 1. The van der Waals surface area contributed by atoms with Gasteiger partial charge in [0.05, 0.1) is 6.61 Å². The van der Waals surface area contributed by atoms with Crippen molar-refractivity contribution in [3.8, 4) is 0 Å². The number of nitrogen functional groups attached to an aromatic ring is 1. The van der Waals surface area contributed by atoms with E-state index in [0.29, 0.717) is 0 Å². The van der Waals surface area contributed by atoms with Crippen LogP contribution < -0.4 is 16.8 Å². The summed E-state index contributed by atoms with van der Waals surface area (Å²) in [5.41, 5.74) is 7.85. The number of hydrogen-bond donors (Lipinski definition) is 7. The van der Waals surface area contributed by atoms with E-state index in [4.69, 9.17) is 16.2 Å². The van der Waals surface area contributed by atoms with Gasteiger partial charge in [-0.15, -0.1) is 0 Å². The second-order valence-corrected chi connectivity index (χ2v) is 8.03. The van der Waals surface area contributed by atoms with Crippen molar-refractivity contribution in [1.29, 1.82) is 0 Å². The smallest absolute Gasteiger partial charge is 0.283 e. The van der Waals surface area contributed by atoms with Gasteiger partial charge in [-0.2, -0.15) is 12.6 Å². The lowest BCUT2D eigenvalue weighted by Crippen LogP contribution is -2.63. The largest absolute Gasteiger partial charge is 0.394 e. The molecule has 0 radical (unpaired) electrons. The Morgan fingerprint density at radius 2 is 2.10 bits per heavy atom. The zero-order valence-corrected chi connectivity index (χ0v) is 17.0. The lowest BCUT2D eigenvalue weighted by atomic mass is 9.97. The molecule has 0 aromatic carbocycles. The normalized spacial score (nSPS) is 29.5. The fourth-order valence-corrected chi connectivity index (χ4v) is 3.18. The lowest BCUT2D eigenvalue weighted by molar-refractivity contribution is -0.177. The molecular weight excluding hydrogens is 418 g/mol. The molecule has 3 rings (SSSR count). The number of aromatic nitrogens is 4. The minimum Gasteiger partial charge on any atom is -0.394 e. The molecule has 14 heteroatoms. The van der Waals surface area contributed by atoms with Crippen LogP contribution in [0.25, 0.3) is 11.2 Å². The number of aliphatic hydroxyl groups excluding tert-OH is 3. The van der Waals surface area contributed by atoms with Crippen LogP contribution in [0.4, 0.5) is 5.82 Å². The highest BCUT2D eigenvalue weighted by atomic mass is 32.1. The first-order valence-electron chi connectivity index (χ1n) is 8.90. The number of amides is 2. The summed E-state index contributed by atoms with van der Waals surface area (Å²) in [6, 6.07) is 0. The van der Waals surface area contributed by atoms with Crippen LogP contribution in [0.3, 0.4) is 0 Å². The minimum absolute atomic E-state index is 0.00411. The summed E-state index contributed by atoms with van der Waals surface area (Å²) >= 11 is 4.16. The molecular formula is C16H23N7O6S. The number of imide groups is 1. The van der Waals surface area contributed by atoms with Crippen LogP contribution in [0.1, 0.15) is 13.8 Å². The average molecular weight is 441 g/mol. The summed E-state index contributed by atoms with van der Waals surface area (Å²) in [6.07, 6.45) is -2.72. The molecule has 1 fully saturated rings. The number of fused-ring (bicyclic) bond motifs is 1. The van der Waals surface area contributed by atoms with Crippen molar-refractivity contribution < 1.29 is 29.6 Å². The zero-order valence-electron chi connectivity index (χ0n) is 16.1. The molecule has 30 heavy (non-hydrogen) atoms. The van der Waals surface area contributed by atoms with E-state index in [1.807, 2.05) is 0 Å². The molecule has 2 amide bonds. The van der Waals surface area contributed by atoms with Crippen LogP contribution in [0.15, 0.2) is 12.7 Å². The van der Waals surface area contributed by atoms with Gasteiger partial charge in [-0.25, -0.2) is 15.0 Å². The van der Waals surface area contributed by atoms with Crippen molar-refractivity contribution in [1.82, 2.24) is 24.8 Å². The third-order valence-corrected chi connectivity index (χ3v) is 5.78. The molecule has 0 saturated carbocycles. The number of rotatable bonds is 5. The molecule has 13 nitrogen and oxygen atoms in total. The first-order chi connectivity index (χ1) is 14.0. The third kappa shape index (κ3) is 3.21. The van der Waals surface area contributed by atoms with Crippen molar-refractivity contribution in [2.45, 2.75) is 48.7 Å². The fraction of sp³-hybridized carbons (Fsp3) is 0.562. The zero-order chi connectivity index (χ0) is 22.4. The highest BCUT2D eigenvalue weighted by Gasteiger charge is 2.61. The van der Waals surface area contributed by atoms with Crippen LogP contribution in [0.2, 0.25) is 0 Å². The minimum atomic E-state index is -2.41. The number of hydrogen-bond acceptors (Lipinski definition) is 12. The first-order valence-corrected chi connectivity index (χ1v) is 9.41. The number of imidazole rings is 1. The Balaban J connectivity index is 2.13. The van der Waals surface area contributed by atoms with Crippen LogP contribution >= 0.6 is 12.6 Å². The highest BCUT2D eigenvalue weighted by Crippen LogP contribution is 2.38. The Morgan fingerprint density at radius 3 is 2.67 bits per heavy atom. The molecule has 0 unspecified atom stereocenters. The molecule has 1 saturated heterocycles. The first kappa shape index (κ1) is 22.3.